The second-order valence-electron chi connectivity index (χ2n) is 3.21. The predicted molar refractivity (Wildman–Crippen MR) is 44.6 cm³/mol. The van der Waals surface area contributed by atoms with Gasteiger partial charge >= 0.3 is 6.09 Å². The molecule has 2 aliphatic rings. The number of rotatable bonds is 1. The molecule has 1 aliphatic carbocycles. The second kappa shape index (κ2) is 3.17. The average Bonchev–Trinajstić information content (AvgIpc) is 2.53. The second-order valence-corrected chi connectivity index (χ2v) is 3.21. The van der Waals surface area contributed by atoms with Gasteiger partial charge in [-0.25, -0.2) is 4.79 Å². The zero-order chi connectivity index (χ0) is 8.39. The fourth-order valence-corrected chi connectivity index (χ4v) is 1.72. The van der Waals surface area contributed by atoms with Gasteiger partial charge in [0.15, 0.2) is 0 Å². The Hall–Kier alpha value is -0.990. The van der Waals surface area contributed by atoms with Crippen molar-refractivity contribution >= 4 is 6.09 Å². The Morgan fingerprint density at radius 3 is 2.92 bits per heavy atom. The Morgan fingerprint density at radius 1 is 1.42 bits per heavy atom. The molecule has 0 radical (unpaired) electrons. The Balaban J connectivity index is 2.07. The third kappa shape index (κ3) is 1.31. The highest BCUT2D eigenvalue weighted by atomic mass is 16.6. The van der Waals surface area contributed by atoms with Crippen LogP contribution in [0.2, 0.25) is 0 Å². The monoisotopic (exact) mass is 167 g/mol. The fraction of sp³-hybridized carbons (Fsp3) is 0.667. The summed E-state index contributed by atoms with van der Waals surface area (Å²) in [7, 11) is 0. The Morgan fingerprint density at radius 2 is 2.33 bits per heavy atom. The molecule has 66 valence electrons. The lowest BCUT2D eigenvalue weighted by molar-refractivity contribution is 0.163. The van der Waals surface area contributed by atoms with Gasteiger partial charge in [0, 0.05) is 5.70 Å². The molecule has 12 heavy (non-hydrogen) atoms. The number of hydrogen-bond donors (Lipinski definition) is 0. The van der Waals surface area contributed by atoms with Crippen LogP contribution >= 0.6 is 0 Å². The van der Waals surface area contributed by atoms with E-state index in [1.165, 1.54) is 18.5 Å². The van der Waals surface area contributed by atoms with Gasteiger partial charge in [-0.3, -0.25) is 4.90 Å². The van der Waals surface area contributed by atoms with Gasteiger partial charge in [-0.15, -0.1) is 0 Å². The molecule has 1 saturated heterocycles. The van der Waals surface area contributed by atoms with Crippen LogP contribution in [-0.2, 0) is 4.74 Å². The van der Waals surface area contributed by atoms with Crippen LogP contribution in [0, 0.1) is 0 Å². The standard InChI is InChI=1S/C9H13NO2/c11-9-10(6-7-12-9)8-4-2-1-3-5-8/h4H,1-3,5-7H2. The topological polar surface area (TPSA) is 29.5 Å². The molecule has 0 spiro atoms. The van der Waals surface area contributed by atoms with Crippen molar-refractivity contribution in [3.63, 3.8) is 0 Å². The molecular formula is C9H13NO2. The maximum atomic E-state index is 11.1. The molecule has 0 N–H and O–H groups in total. The van der Waals surface area contributed by atoms with E-state index in [1.807, 2.05) is 0 Å². The quantitative estimate of drug-likeness (QED) is 0.597. The summed E-state index contributed by atoms with van der Waals surface area (Å²) in [6.07, 6.45) is 6.61. The van der Waals surface area contributed by atoms with Crippen LogP contribution in [-0.4, -0.2) is 24.1 Å². The molecule has 0 saturated carbocycles. The van der Waals surface area contributed by atoms with Crippen LogP contribution in [0.1, 0.15) is 25.7 Å². The maximum absolute atomic E-state index is 11.1. The molecule has 0 aromatic carbocycles. The van der Waals surface area contributed by atoms with Gasteiger partial charge in [0.05, 0.1) is 6.54 Å². The number of allylic oxidation sites excluding steroid dienone is 2. The SMILES string of the molecule is O=C1OCCN1C1=CCCCC1. The molecule has 1 fully saturated rings. The van der Waals surface area contributed by atoms with Gasteiger partial charge in [-0.2, -0.15) is 0 Å². The number of carbonyl (C=O) groups is 1. The average molecular weight is 167 g/mol. The van der Waals surface area contributed by atoms with Gasteiger partial charge in [-0.1, -0.05) is 6.08 Å². The number of nitrogens with zero attached hydrogens (tertiary/aromatic N) is 1. The Bertz CT molecular complexity index is 223. The first kappa shape index (κ1) is 7.65. The summed E-state index contributed by atoms with van der Waals surface area (Å²) in [6, 6.07) is 0. The molecule has 2 rings (SSSR count). The minimum Gasteiger partial charge on any atom is -0.447 e. The van der Waals surface area contributed by atoms with Crippen molar-refractivity contribution in [3.05, 3.63) is 11.8 Å². The van der Waals surface area contributed by atoms with E-state index in [-0.39, 0.29) is 6.09 Å². The van der Waals surface area contributed by atoms with Crippen molar-refractivity contribution in [2.45, 2.75) is 25.7 Å². The lowest BCUT2D eigenvalue weighted by Gasteiger charge is -2.20. The number of cyclic esters (lactones) is 1. The van der Waals surface area contributed by atoms with Crippen molar-refractivity contribution in [1.29, 1.82) is 0 Å². The van der Waals surface area contributed by atoms with Crippen LogP contribution in [0.15, 0.2) is 11.8 Å². The molecule has 0 atom stereocenters. The number of amides is 1. The highest BCUT2D eigenvalue weighted by molar-refractivity contribution is 5.71. The van der Waals surface area contributed by atoms with Gasteiger partial charge < -0.3 is 4.74 Å². The number of hydrogen-bond acceptors (Lipinski definition) is 2. The molecule has 1 amide bonds. The lowest BCUT2D eigenvalue weighted by atomic mass is 10.0. The van der Waals surface area contributed by atoms with Gasteiger partial charge in [-0.05, 0) is 25.7 Å². The van der Waals surface area contributed by atoms with Gasteiger partial charge in [0.2, 0.25) is 0 Å². The molecule has 0 unspecified atom stereocenters. The van der Waals surface area contributed by atoms with Crippen molar-refractivity contribution in [2.24, 2.45) is 0 Å². The first-order chi connectivity index (χ1) is 5.88. The molecule has 3 heteroatoms. The summed E-state index contributed by atoms with van der Waals surface area (Å²) in [4.78, 5) is 12.9. The van der Waals surface area contributed by atoms with Crippen LogP contribution < -0.4 is 0 Å². The lowest BCUT2D eigenvalue weighted by Crippen LogP contribution is -2.24. The zero-order valence-electron chi connectivity index (χ0n) is 7.08. The number of ether oxygens (including phenoxy) is 1. The summed E-state index contributed by atoms with van der Waals surface area (Å²) in [5.41, 5.74) is 1.17. The predicted octanol–water partition coefficient (Wildman–Crippen LogP) is 1.90. The molecule has 1 heterocycles. The molecule has 0 aromatic rings. The van der Waals surface area contributed by atoms with E-state index in [2.05, 4.69) is 6.08 Å². The van der Waals surface area contributed by atoms with E-state index in [1.54, 1.807) is 4.90 Å². The molecule has 3 nitrogen and oxygen atoms in total. The van der Waals surface area contributed by atoms with Gasteiger partial charge in [0.25, 0.3) is 0 Å². The Kier molecular flexibility index (Phi) is 2.02. The van der Waals surface area contributed by atoms with E-state index in [0.717, 1.165) is 19.4 Å². The van der Waals surface area contributed by atoms with Crippen LogP contribution in [0.25, 0.3) is 0 Å². The Labute approximate surface area is 72.0 Å². The summed E-state index contributed by atoms with van der Waals surface area (Å²) >= 11 is 0. The number of carbonyl (C=O) groups excluding carboxylic acids is 1. The minimum absolute atomic E-state index is 0.164. The summed E-state index contributed by atoms with van der Waals surface area (Å²) in [6.45, 7) is 1.29. The van der Waals surface area contributed by atoms with Crippen molar-refractivity contribution in [2.75, 3.05) is 13.2 Å². The van der Waals surface area contributed by atoms with E-state index < -0.39 is 0 Å². The van der Waals surface area contributed by atoms with E-state index >= 15 is 0 Å². The largest absolute Gasteiger partial charge is 0.447 e. The summed E-state index contributed by atoms with van der Waals surface area (Å²) < 4.78 is 4.86. The van der Waals surface area contributed by atoms with E-state index in [0.29, 0.717) is 6.61 Å². The highest BCUT2D eigenvalue weighted by Gasteiger charge is 2.25. The summed E-state index contributed by atoms with van der Waals surface area (Å²) in [5, 5.41) is 0. The van der Waals surface area contributed by atoms with Gasteiger partial charge in [0.1, 0.15) is 6.61 Å². The molecule has 0 bridgehead atoms. The fourth-order valence-electron chi connectivity index (χ4n) is 1.72. The third-order valence-electron chi connectivity index (χ3n) is 2.37. The molecule has 0 aromatic heterocycles. The van der Waals surface area contributed by atoms with Crippen molar-refractivity contribution in [1.82, 2.24) is 4.90 Å². The third-order valence-corrected chi connectivity index (χ3v) is 2.37. The van der Waals surface area contributed by atoms with Crippen LogP contribution in [0.3, 0.4) is 0 Å². The maximum Gasteiger partial charge on any atom is 0.414 e. The smallest absolute Gasteiger partial charge is 0.414 e. The first-order valence-electron chi connectivity index (χ1n) is 4.51. The van der Waals surface area contributed by atoms with Crippen molar-refractivity contribution in [3.8, 4) is 0 Å². The van der Waals surface area contributed by atoms with Crippen LogP contribution in [0.5, 0.6) is 0 Å². The normalized spacial score (nSPS) is 23.8. The molecule has 1 aliphatic heterocycles. The minimum atomic E-state index is -0.164. The summed E-state index contributed by atoms with van der Waals surface area (Å²) in [5.74, 6) is 0. The van der Waals surface area contributed by atoms with Crippen molar-refractivity contribution < 1.29 is 9.53 Å². The molecular weight excluding hydrogens is 154 g/mol. The zero-order valence-corrected chi connectivity index (χ0v) is 7.08. The highest BCUT2D eigenvalue weighted by Crippen LogP contribution is 2.23. The van der Waals surface area contributed by atoms with E-state index in [9.17, 15) is 4.79 Å². The first-order valence-corrected chi connectivity index (χ1v) is 4.51. The van der Waals surface area contributed by atoms with Crippen LogP contribution in [0.4, 0.5) is 4.79 Å². The van der Waals surface area contributed by atoms with E-state index in [4.69, 9.17) is 4.74 Å².